The highest BCUT2D eigenvalue weighted by molar-refractivity contribution is 5.73. The third-order valence-electron chi connectivity index (χ3n) is 5.11. The van der Waals surface area contributed by atoms with Crippen molar-refractivity contribution in [3.05, 3.63) is 90.4 Å². The molecule has 0 bridgehead atoms. The minimum atomic E-state index is 0.591. The molecule has 0 fully saturated rings. The number of pyridine rings is 1. The molecule has 1 heterocycles. The van der Waals surface area contributed by atoms with Crippen LogP contribution in [0, 0.1) is 12.5 Å². The van der Waals surface area contributed by atoms with Gasteiger partial charge in [-0.05, 0) is 49.1 Å². The number of para-hydroxylation sites is 1. The number of hydrogen-bond donors (Lipinski definition) is 2. The highest BCUT2D eigenvalue weighted by Gasteiger charge is 2.07. The van der Waals surface area contributed by atoms with Crippen LogP contribution in [-0.2, 0) is 0 Å². The minimum Gasteiger partial charge on any atom is -0.493 e. The lowest BCUT2D eigenvalue weighted by molar-refractivity contribution is 0.306. The number of rotatable bonds is 12. The molecule has 0 amide bonds. The standard InChI is InChI=1S/C26H30N4O/c1-21-11-4-5-13-23(21)24-14-6-7-15-26(24)31-18-9-3-2-8-16-29-20-25(30-27)22-12-10-17-28-19-22/h4-7,10-15,17,19-20,27,29H,2-3,8-9,16,18H2,1H3/b25-20-,30-27?. The lowest BCUT2D eigenvalue weighted by Gasteiger charge is -2.13. The zero-order chi connectivity index (χ0) is 21.7. The predicted molar refractivity (Wildman–Crippen MR) is 126 cm³/mol. The molecule has 1 aromatic heterocycles. The Labute approximate surface area is 184 Å². The molecular weight excluding hydrogens is 384 g/mol. The van der Waals surface area contributed by atoms with Crippen LogP contribution in [0.2, 0.25) is 0 Å². The first-order valence-corrected chi connectivity index (χ1v) is 10.8. The number of nitrogens with one attached hydrogen (secondary N) is 2. The van der Waals surface area contributed by atoms with Crippen LogP contribution in [0.1, 0.15) is 36.8 Å². The highest BCUT2D eigenvalue weighted by Crippen LogP contribution is 2.32. The van der Waals surface area contributed by atoms with Crippen molar-refractivity contribution in [3.8, 4) is 16.9 Å². The van der Waals surface area contributed by atoms with E-state index >= 15 is 0 Å². The molecule has 0 spiro atoms. The van der Waals surface area contributed by atoms with Crippen LogP contribution >= 0.6 is 0 Å². The molecule has 2 N–H and O–H groups in total. The van der Waals surface area contributed by atoms with Crippen molar-refractivity contribution in [2.75, 3.05) is 13.2 Å². The summed E-state index contributed by atoms with van der Waals surface area (Å²) >= 11 is 0. The van der Waals surface area contributed by atoms with E-state index in [0.717, 1.165) is 55.7 Å². The van der Waals surface area contributed by atoms with Gasteiger partial charge in [0.15, 0.2) is 0 Å². The maximum Gasteiger partial charge on any atom is 0.127 e. The van der Waals surface area contributed by atoms with Crippen LogP contribution in [0.5, 0.6) is 5.75 Å². The van der Waals surface area contributed by atoms with Gasteiger partial charge < -0.3 is 10.1 Å². The first kappa shape index (κ1) is 22.2. The lowest BCUT2D eigenvalue weighted by Crippen LogP contribution is -2.08. The smallest absolute Gasteiger partial charge is 0.127 e. The van der Waals surface area contributed by atoms with Crippen molar-refractivity contribution in [1.29, 1.82) is 5.53 Å². The number of unbranched alkanes of at least 4 members (excludes halogenated alkanes) is 3. The minimum absolute atomic E-state index is 0.591. The molecule has 3 rings (SSSR count). The average Bonchev–Trinajstić information content (AvgIpc) is 2.82. The Morgan fingerprint density at radius 1 is 0.968 bits per heavy atom. The van der Waals surface area contributed by atoms with Crippen molar-refractivity contribution in [3.63, 3.8) is 0 Å². The lowest BCUT2D eigenvalue weighted by atomic mass is 10.00. The van der Waals surface area contributed by atoms with Crippen LogP contribution in [0.25, 0.3) is 16.8 Å². The molecule has 0 aliphatic heterocycles. The summed E-state index contributed by atoms with van der Waals surface area (Å²) in [6.45, 7) is 3.71. The number of aryl methyl sites for hydroxylation is 1. The van der Waals surface area contributed by atoms with E-state index in [2.05, 4.69) is 64.8 Å². The summed E-state index contributed by atoms with van der Waals surface area (Å²) in [6, 6.07) is 20.4. The van der Waals surface area contributed by atoms with Crippen LogP contribution in [-0.4, -0.2) is 18.1 Å². The van der Waals surface area contributed by atoms with Crippen molar-refractivity contribution in [1.82, 2.24) is 10.3 Å². The van der Waals surface area contributed by atoms with Crippen LogP contribution in [0.3, 0.4) is 0 Å². The number of hydrogen-bond acceptors (Lipinski definition) is 5. The van der Waals surface area contributed by atoms with Crippen molar-refractivity contribution in [2.24, 2.45) is 5.11 Å². The van der Waals surface area contributed by atoms with Gasteiger partial charge in [0.25, 0.3) is 0 Å². The zero-order valence-corrected chi connectivity index (χ0v) is 18.1. The van der Waals surface area contributed by atoms with E-state index in [1.165, 1.54) is 11.1 Å². The van der Waals surface area contributed by atoms with E-state index in [1.54, 1.807) is 18.6 Å². The summed E-state index contributed by atoms with van der Waals surface area (Å²) in [5, 5.41) is 6.82. The maximum absolute atomic E-state index is 7.32. The Morgan fingerprint density at radius 3 is 2.52 bits per heavy atom. The third-order valence-corrected chi connectivity index (χ3v) is 5.11. The zero-order valence-electron chi connectivity index (χ0n) is 18.1. The van der Waals surface area contributed by atoms with Gasteiger partial charge in [-0.1, -0.05) is 55.3 Å². The van der Waals surface area contributed by atoms with Crippen molar-refractivity contribution < 1.29 is 4.74 Å². The Hall–Kier alpha value is -3.47. The molecular formula is C26H30N4O. The number of benzene rings is 2. The molecule has 160 valence electrons. The first-order valence-electron chi connectivity index (χ1n) is 10.8. The van der Waals surface area contributed by atoms with Gasteiger partial charge >= 0.3 is 0 Å². The van der Waals surface area contributed by atoms with Gasteiger partial charge in [-0.3, -0.25) is 4.98 Å². The fourth-order valence-corrected chi connectivity index (χ4v) is 3.42. The van der Waals surface area contributed by atoms with Crippen molar-refractivity contribution >= 4 is 5.70 Å². The van der Waals surface area contributed by atoms with E-state index < -0.39 is 0 Å². The van der Waals surface area contributed by atoms with E-state index in [1.807, 2.05) is 18.2 Å². The van der Waals surface area contributed by atoms with Gasteiger partial charge in [0.05, 0.1) is 6.61 Å². The second-order valence-electron chi connectivity index (χ2n) is 7.41. The summed E-state index contributed by atoms with van der Waals surface area (Å²) < 4.78 is 6.10. The fraction of sp³-hybridized carbons (Fsp3) is 0.269. The Bertz CT molecular complexity index is 985. The normalized spacial score (nSPS) is 11.2. The molecule has 0 aliphatic carbocycles. The van der Waals surface area contributed by atoms with E-state index in [9.17, 15) is 0 Å². The molecule has 0 atom stereocenters. The summed E-state index contributed by atoms with van der Waals surface area (Å²) in [4.78, 5) is 4.06. The topological polar surface area (TPSA) is 70.4 Å². The molecule has 31 heavy (non-hydrogen) atoms. The molecule has 0 unspecified atom stereocenters. The summed E-state index contributed by atoms with van der Waals surface area (Å²) in [6.07, 6.45) is 9.55. The summed E-state index contributed by atoms with van der Waals surface area (Å²) in [5.74, 6) is 0.950. The molecule has 2 aromatic carbocycles. The molecule has 0 saturated heterocycles. The molecule has 5 nitrogen and oxygen atoms in total. The fourth-order valence-electron chi connectivity index (χ4n) is 3.42. The monoisotopic (exact) mass is 414 g/mol. The molecule has 0 aliphatic rings. The molecule has 0 saturated carbocycles. The second kappa shape index (κ2) is 12.3. The van der Waals surface area contributed by atoms with Gasteiger partial charge in [-0.2, -0.15) is 5.11 Å². The number of nitrogens with zero attached hydrogens (tertiary/aromatic N) is 2. The SMILES string of the molecule is Cc1ccccc1-c1ccccc1OCCCCCCN/C=C(\N=N)c1cccnc1. The van der Waals surface area contributed by atoms with Gasteiger partial charge in [-0.15, -0.1) is 0 Å². The quantitative estimate of drug-likeness (QED) is 0.258. The maximum atomic E-state index is 7.32. The summed E-state index contributed by atoms with van der Waals surface area (Å²) in [5.41, 5.74) is 12.4. The Kier molecular flexibility index (Phi) is 8.80. The third kappa shape index (κ3) is 6.78. The van der Waals surface area contributed by atoms with Crippen molar-refractivity contribution in [2.45, 2.75) is 32.6 Å². The van der Waals surface area contributed by atoms with Crippen LogP contribution in [0.4, 0.5) is 0 Å². The average molecular weight is 415 g/mol. The largest absolute Gasteiger partial charge is 0.493 e. The van der Waals surface area contributed by atoms with Gasteiger partial charge in [0.1, 0.15) is 11.4 Å². The van der Waals surface area contributed by atoms with E-state index in [0.29, 0.717) is 5.70 Å². The van der Waals surface area contributed by atoms with Crippen LogP contribution in [0.15, 0.2) is 84.4 Å². The van der Waals surface area contributed by atoms with E-state index in [4.69, 9.17) is 10.3 Å². The van der Waals surface area contributed by atoms with Gasteiger partial charge in [-0.25, -0.2) is 5.53 Å². The molecule has 3 aromatic rings. The molecule has 5 heteroatoms. The van der Waals surface area contributed by atoms with Gasteiger partial charge in [0.2, 0.25) is 0 Å². The molecule has 0 radical (unpaired) electrons. The number of ether oxygens (including phenoxy) is 1. The van der Waals surface area contributed by atoms with Crippen LogP contribution < -0.4 is 10.1 Å². The number of aromatic nitrogens is 1. The Morgan fingerprint density at radius 2 is 1.74 bits per heavy atom. The highest BCUT2D eigenvalue weighted by atomic mass is 16.5. The predicted octanol–water partition coefficient (Wildman–Crippen LogP) is 6.62. The van der Waals surface area contributed by atoms with Gasteiger partial charge in [0, 0.05) is 36.3 Å². The second-order valence-corrected chi connectivity index (χ2v) is 7.41. The Balaban J connectivity index is 1.36. The first-order chi connectivity index (χ1) is 15.3. The van der Waals surface area contributed by atoms with E-state index in [-0.39, 0.29) is 0 Å². The summed E-state index contributed by atoms with van der Waals surface area (Å²) in [7, 11) is 0.